The van der Waals surface area contributed by atoms with E-state index in [-0.39, 0.29) is 35.2 Å². The number of methoxy groups -OCH3 is 1. The third-order valence-corrected chi connectivity index (χ3v) is 7.77. The van der Waals surface area contributed by atoms with E-state index < -0.39 is 10.0 Å². The maximum atomic E-state index is 13.5. The maximum absolute atomic E-state index is 13.5. The van der Waals surface area contributed by atoms with Crippen molar-refractivity contribution in [3.05, 3.63) is 59.7 Å². The first-order valence-electron chi connectivity index (χ1n) is 10.8. The van der Waals surface area contributed by atoms with Crippen LogP contribution < -0.4 is 10.1 Å². The molecule has 2 aromatic carbocycles. The van der Waals surface area contributed by atoms with Crippen molar-refractivity contribution in [3.8, 4) is 5.75 Å². The van der Waals surface area contributed by atoms with E-state index in [1.165, 1.54) is 11.4 Å². The highest BCUT2D eigenvalue weighted by Crippen LogP contribution is 2.32. The molecule has 1 fully saturated rings. The van der Waals surface area contributed by atoms with E-state index in [4.69, 9.17) is 4.74 Å². The second-order valence-electron chi connectivity index (χ2n) is 8.41. The summed E-state index contributed by atoms with van der Waals surface area (Å²) >= 11 is 0. The second kappa shape index (κ2) is 9.83. The van der Waals surface area contributed by atoms with Gasteiger partial charge in [-0.3, -0.25) is 4.79 Å². The van der Waals surface area contributed by atoms with Crippen molar-refractivity contribution in [1.29, 1.82) is 0 Å². The van der Waals surface area contributed by atoms with E-state index in [0.29, 0.717) is 25.1 Å². The molecule has 31 heavy (non-hydrogen) atoms. The minimum absolute atomic E-state index is 0.112. The lowest BCUT2D eigenvalue weighted by Crippen LogP contribution is -2.45. The van der Waals surface area contributed by atoms with Crippen LogP contribution in [0.3, 0.4) is 0 Å². The predicted molar refractivity (Wildman–Crippen MR) is 122 cm³/mol. The summed E-state index contributed by atoms with van der Waals surface area (Å²) < 4.78 is 33.7. The molecular formula is C24H32N2O4S. The van der Waals surface area contributed by atoms with Crippen LogP contribution in [0.25, 0.3) is 0 Å². The average molecular weight is 445 g/mol. The largest absolute Gasteiger partial charge is 0.495 e. The number of ether oxygens (including phenoxy) is 1. The lowest BCUT2D eigenvalue weighted by atomic mass is 9.98. The molecule has 3 rings (SSSR count). The highest BCUT2D eigenvalue weighted by atomic mass is 32.2. The fourth-order valence-corrected chi connectivity index (χ4v) is 5.64. The molecule has 0 aliphatic carbocycles. The van der Waals surface area contributed by atoms with Crippen LogP contribution in [0.1, 0.15) is 56.7 Å². The van der Waals surface area contributed by atoms with Gasteiger partial charge in [0.1, 0.15) is 10.6 Å². The third kappa shape index (κ3) is 5.28. The summed E-state index contributed by atoms with van der Waals surface area (Å²) in [5.41, 5.74) is 1.95. The van der Waals surface area contributed by atoms with Gasteiger partial charge in [-0.25, -0.2) is 8.42 Å². The van der Waals surface area contributed by atoms with Crippen molar-refractivity contribution in [1.82, 2.24) is 9.62 Å². The zero-order valence-electron chi connectivity index (χ0n) is 18.7. The molecule has 1 aliphatic rings. The molecule has 0 aromatic heterocycles. The number of amides is 1. The number of hydrogen-bond acceptors (Lipinski definition) is 4. The molecule has 2 atom stereocenters. The van der Waals surface area contributed by atoms with Crippen molar-refractivity contribution in [2.75, 3.05) is 20.2 Å². The number of piperidine rings is 1. The summed E-state index contributed by atoms with van der Waals surface area (Å²) in [4.78, 5) is 13.1. The van der Waals surface area contributed by atoms with Crippen LogP contribution in [0.5, 0.6) is 5.75 Å². The van der Waals surface area contributed by atoms with Crippen LogP contribution in [0.15, 0.2) is 53.4 Å². The van der Waals surface area contributed by atoms with Gasteiger partial charge in [0.05, 0.1) is 19.1 Å². The van der Waals surface area contributed by atoms with Gasteiger partial charge in [0.2, 0.25) is 15.9 Å². The van der Waals surface area contributed by atoms with Crippen molar-refractivity contribution in [2.24, 2.45) is 5.92 Å². The average Bonchev–Trinajstić information content (AvgIpc) is 2.79. The quantitative estimate of drug-likeness (QED) is 0.698. The highest BCUT2D eigenvalue weighted by Gasteiger charge is 2.35. The lowest BCUT2D eigenvalue weighted by Gasteiger charge is -2.32. The van der Waals surface area contributed by atoms with Gasteiger partial charge >= 0.3 is 0 Å². The van der Waals surface area contributed by atoms with Crippen LogP contribution in [0.4, 0.5) is 0 Å². The molecule has 0 saturated carbocycles. The Morgan fingerprint density at radius 1 is 1.10 bits per heavy atom. The molecule has 2 aromatic rings. The van der Waals surface area contributed by atoms with Crippen molar-refractivity contribution in [2.45, 2.75) is 50.5 Å². The number of carbonyl (C=O) groups is 1. The molecule has 6 nitrogen and oxygen atoms in total. The second-order valence-corrected chi connectivity index (χ2v) is 10.3. The summed E-state index contributed by atoms with van der Waals surface area (Å²) in [6, 6.07) is 14.9. The van der Waals surface area contributed by atoms with E-state index in [9.17, 15) is 13.2 Å². The maximum Gasteiger partial charge on any atom is 0.246 e. The van der Waals surface area contributed by atoms with Crippen LogP contribution in [-0.2, 0) is 14.8 Å². The zero-order valence-corrected chi connectivity index (χ0v) is 19.5. The fraction of sp³-hybridized carbons (Fsp3) is 0.458. The summed E-state index contributed by atoms with van der Waals surface area (Å²) in [5.74, 6) is 0.0287. The molecule has 1 N–H and O–H groups in total. The van der Waals surface area contributed by atoms with E-state index in [1.54, 1.807) is 12.1 Å². The smallest absolute Gasteiger partial charge is 0.246 e. The summed E-state index contributed by atoms with van der Waals surface area (Å²) in [6.45, 7) is 6.55. The number of nitrogens with zero attached hydrogens (tertiary/aromatic N) is 1. The number of rotatable bonds is 7. The lowest BCUT2D eigenvalue weighted by molar-refractivity contribution is -0.126. The van der Waals surface area contributed by atoms with Gasteiger partial charge in [-0.1, -0.05) is 50.2 Å². The Labute approximate surface area is 185 Å². The molecule has 1 aliphatic heterocycles. The third-order valence-electron chi connectivity index (χ3n) is 5.89. The first-order valence-corrected chi connectivity index (χ1v) is 12.2. The van der Waals surface area contributed by atoms with Crippen molar-refractivity contribution >= 4 is 15.9 Å². The molecule has 0 radical (unpaired) electrons. The Balaban J connectivity index is 1.78. The summed E-state index contributed by atoms with van der Waals surface area (Å²) in [7, 11) is -2.31. The monoisotopic (exact) mass is 444 g/mol. The molecule has 168 valence electrons. The van der Waals surface area contributed by atoms with Gasteiger partial charge in [0.15, 0.2) is 0 Å². The van der Waals surface area contributed by atoms with E-state index in [1.807, 2.05) is 57.2 Å². The zero-order chi connectivity index (χ0) is 22.6. The molecule has 1 heterocycles. The SMILES string of the molecule is COc1ccc(C(C)C)cc1S(=O)(=O)N1CCC[C@H](C(=O)N[C@H](C)c2ccccc2)C1. The van der Waals surface area contributed by atoms with Crippen LogP contribution >= 0.6 is 0 Å². The van der Waals surface area contributed by atoms with Gasteiger partial charge in [-0.2, -0.15) is 4.31 Å². The molecule has 1 amide bonds. The molecule has 1 saturated heterocycles. The van der Waals surface area contributed by atoms with Crippen molar-refractivity contribution < 1.29 is 17.9 Å². The van der Waals surface area contributed by atoms with Crippen LogP contribution in [0, 0.1) is 5.92 Å². The molecule has 0 spiro atoms. The molecule has 0 unspecified atom stereocenters. The molecule has 0 bridgehead atoms. The summed E-state index contributed by atoms with van der Waals surface area (Å²) in [5, 5.41) is 3.04. The minimum Gasteiger partial charge on any atom is -0.495 e. The first kappa shape index (κ1) is 23.3. The number of carbonyl (C=O) groups excluding carboxylic acids is 1. The van der Waals surface area contributed by atoms with E-state index >= 15 is 0 Å². The number of sulfonamides is 1. The highest BCUT2D eigenvalue weighted by molar-refractivity contribution is 7.89. The van der Waals surface area contributed by atoms with Gasteiger partial charge in [0, 0.05) is 13.1 Å². The predicted octanol–water partition coefficient (Wildman–Crippen LogP) is 4.10. The fourth-order valence-electron chi connectivity index (χ4n) is 3.92. The van der Waals surface area contributed by atoms with Crippen molar-refractivity contribution in [3.63, 3.8) is 0 Å². The standard InChI is InChI=1S/C24H32N2O4S/c1-17(2)20-12-13-22(30-4)23(15-20)31(28,29)26-14-8-11-21(16-26)24(27)25-18(3)19-9-6-5-7-10-19/h5-7,9-10,12-13,15,17-18,21H,8,11,14,16H2,1-4H3,(H,25,27)/t18-,21+/m1/s1. The van der Waals surface area contributed by atoms with E-state index in [0.717, 1.165) is 11.1 Å². The normalized spacial score (nSPS) is 18.5. The van der Waals surface area contributed by atoms with Gasteiger partial charge in [0.25, 0.3) is 0 Å². The first-order chi connectivity index (χ1) is 14.7. The van der Waals surface area contributed by atoms with Gasteiger partial charge < -0.3 is 10.1 Å². The number of nitrogens with one attached hydrogen (secondary N) is 1. The van der Waals surface area contributed by atoms with Crippen LogP contribution in [-0.4, -0.2) is 38.8 Å². The Morgan fingerprint density at radius 3 is 2.45 bits per heavy atom. The minimum atomic E-state index is -3.78. The van der Waals surface area contributed by atoms with Gasteiger partial charge in [-0.15, -0.1) is 0 Å². The topological polar surface area (TPSA) is 75.7 Å². The van der Waals surface area contributed by atoms with E-state index in [2.05, 4.69) is 5.32 Å². The molecule has 7 heteroatoms. The Morgan fingerprint density at radius 2 is 1.81 bits per heavy atom. The van der Waals surface area contributed by atoms with Gasteiger partial charge in [-0.05, 0) is 48.9 Å². The Kier molecular flexibility index (Phi) is 7.38. The Bertz CT molecular complexity index is 1010. The summed E-state index contributed by atoms with van der Waals surface area (Å²) in [6.07, 6.45) is 1.31. The number of benzene rings is 2. The number of hydrogen-bond donors (Lipinski definition) is 1. The Hall–Kier alpha value is -2.38. The molecular weight excluding hydrogens is 412 g/mol. The van der Waals surface area contributed by atoms with Crippen LogP contribution in [0.2, 0.25) is 0 Å².